The summed E-state index contributed by atoms with van der Waals surface area (Å²) in [6.45, 7) is 4.30. The van der Waals surface area contributed by atoms with E-state index in [1.165, 1.54) is 0 Å². The number of phenols is 1. The molecule has 2 N–H and O–H groups in total. The van der Waals surface area contributed by atoms with E-state index in [1.54, 1.807) is 6.07 Å². The Hall–Kier alpha value is -1.94. The zero-order valence-corrected chi connectivity index (χ0v) is 10.8. The van der Waals surface area contributed by atoms with Gasteiger partial charge in [0.25, 0.3) is 0 Å². The van der Waals surface area contributed by atoms with Crippen molar-refractivity contribution in [3.05, 3.63) is 30.3 Å². The van der Waals surface area contributed by atoms with Crippen LogP contribution in [0.5, 0.6) is 5.75 Å². The van der Waals surface area contributed by atoms with E-state index in [-0.39, 0.29) is 0 Å². The molecule has 0 unspecified atom stereocenters. The number of hydrogen-bond donors (Lipinski definition) is 2. The molecular weight excluding hydrogens is 226 g/mol. The van der Waals surface area contributed by atoms with Crippen molar-refractivity contribution in [2.75, 3.05) is 17.5 Å². The Bertz CT molecular complexity index is 609. The van der Waals surface area contributed by atoms with Crippen LogP contribution in [0.15, 0.2) is 30.3 Å². The second-order valence-corrected chi connectivity index (χ2v) is 4.91. The average Bonchev–Trinajstić information content (AvgIpc) is 2.66. The lowest BCUT2D eigenvalue weighted by Gasteiger charge is -2.30. The fraction of sp³-hybridized carbons (Fsp3) is 0.286. The molecule has 0 saturated carbocycles. The molecule has 0 bridgehead atoms. The molecule has 0 atom stereocenters. The molecule has 0 fully saturated rings. The van der Waals surface area contributed by atoms with Crippen molar-refractivity contribution >= 4 is 22.1 Å². The lowest BCUT2D eigenvalue weighted by Crippen LogP contribution is -2.42. The molecule has 1 aliphatic heterocycles. The molecule has 2 aromatic rings. The number of benzene rings is 2. The zero-order chi connectivity index (χ0) is 12.9. The van der Waals surface area contributed by atoms with Gasteiger partial charge >= 0.3 is 0 Å². The van der Waals surface area contributed by atoms with E-state index in [9.17, 15) is 5.11 Å². The maximum Gasteiger partial charge on any atom is 0.125 e. The van der Waals surface area contributed by atoms with Crippen LogP contribution in [0.3, 0.4) is 0 Å². The average molecular weight is 243 g/mol. The summed E-state index contributed by atoms with van der Waals surface area (Å²) in [5.74, 6) is 0.316. The van der Waals surface area contributed by atoms with Gasteiger partial charge in [-0.3, -0.25) is 10.4 Å². The first-order valence-corrected chi connectivity index (χ1v) is 6.14. The lowest BCUT2D eigenvalue weighted by molar-refractivity contribution is 0.356. The van der Waals surface area contributed by atoms with Gasteiger partial charge in [-0.05, 0) is 13.8 Å². The molecule has 0 amide bonds. The lowest BCUT2D eigenvalue weighted by atomic mass is 10.1. The summed E-state index contributed by atoms with van der Waals surface area (Å²) in [6.07, 6.45) is 0. The maximum atomic E-state index is 10.1. The van der Waals surface area contributed by atoms with Gasteiger partial charge < -0.3 is 5.11 Å². The fourth-order valence-corrected chi connectivity index (χ4v) is 2.66. The van der Waals surface area contributed by atoms with Gasteiger partial charge in [-0.2, -0.15) is 0 Å². The molecule has 18 heavy (non-hydrogen) atoms. The smallest absolute Gasteiger partial charge is 0.125 e. The summed E-state index contributed by atoms with van der Waals surface area (Å²) in [4.78, 5) is 0. The molecule has 0 spiro atoms. The fourth-order valence-electron chi connectivity index (χ4n) is 2.66. The first-order chi connectivity index (χ1) is 8.59. The number of nitrogens with zero attached hydrogens (tertiary/aromatic N) is 2. The van der Waals surface area contributed by atoms with Crippen LogP contribution in [-0.4, -0.2) is 23.3 Å². The molecule has 0 aliphatic carbocycles. The third kappa shape index (κ3) is 1.42. The highest BCUT2D eigenvalue weighted by atomic mass is 16.3. The summed E-state index contributed by atoms with van der Waals surface area (Å²) in [5.41, 5.74) is 5.33. The van der Waals surface area contributed by atoms with Crippen LogP contribution in [-0.2, 0) is 0 Å². The van der Waals surface area contributed by atoms with Crippen molar-refractivity contribution in [2.45, 2.75) is 19.9 Å². The predicted molar refractivity (Wildman–Crippen MR) is 74.6 cm³/mol. The molecule has 94 valence electrons. The Morgan fingerprint density at radius 1 is 1.17 bits per heavy atom. The first kappa shape index (κ1) is 11.2. The van der Waals surface area contributed by atoms with Gasteiger partial charge in [0.1, 0.15) is 5.75 Å². The molecule has 4 nitrogen and oxygen atoms in total. The highest BCUT2D eigenvalue weighted by Gasteiger charge is 2.29. The molecule has 3 rings (SSSR count). The number of hydrazine groups is 2. The van der Waals surface area contributed by atoms with Gasteiger partial charge in [0, 0.05) is 29.9 Å². The van der Waals surface area contributed by atoms with E-state index in [4.69, 9.17) is 0 Å². The number of nitrogens with one attached hydrogen (secondary N) is 1. The predicted octanol–water partition coefficient (Wildman–Crippen LogP) is 2.95. The molecule has 0 saturated heterocycles. The molecule has 0 aromatic heterocycles. The molecule has 0 radical (unpaired) electrons. The van der Waals surface area contributed by atoms with Gasteiger partial charge in [-0.25, -0.2) is 0 Å². The van der Waals surface area contributed by atoms with E-state index in [1.807, 2.05) is 36.4 Å². The largest absolute Gasteiger partial charge is 0.507 e. The minimum Gasteiger partial charge on any atom is -0.507 e. The number of phenolic OH excluding ortho intramolecular Hbond substituents is 1. The second kappa shape index (κ2) is 3.78. The van der Waals surface area contributed by atoms with Crippen molar-refractivity contribution in [2.24, 2.45) is 0 Å². The molecule has 2 aromatic carbocycles. The Labute approximate surface area is 106 Å². The summed E-state index contributed by atoms with van der Waals surface area (Å²) < 4.78 is 0. The minimum absolute atomic E-state index is 0.316. The van der Waals surface area contributed by atoms with Crippen molar-refractivity contribution in [1.82, 2.24) is 5.12 Å². The Morgan fingerprint density at radius 3 is 2.50 bits per heavy atom. The Kier molecular flexibility index (Phi) is 2.35. The third-order valence-electron chi connectivity index (χ3n) is 3.32. The van der Waals surface area contributed by atoms with Crippen LogP contribution in [0.4, 0.5) is 11.4 Å². The number of hydrogen-bond acceptors (Lipinski definition) is 4. The Morgan fingerprint density at radius 2 is 1.83 bits per heavy atom. The SMILES string of the molecule is CC(C)N1c2c(cc(O)c3ccccc23)NN1C. The van der Waals surface area contributed by atoms with E-state index in [2.05, 4.69) is 24.3 Å². The number of anilines is 2. The summed E-state index contributed by atoms with van der Waals surface area (Å²) >= 11 is 0. The van der Waals surface area contributed by atoms with Gasteiger partial charge in [0.05, 0.1) is 11.4 Å². The molecule has 1 heterocycles. The summed E-state index contributed by atoms with van der Waals surface area (Å²) in [5, 5.41) is 16.2. The van der Waals surface area contributed by atoms with Crippen molar-refractivity contribution < 1.29 is 5.11 Å². The molecule has 1 aliphatic rings. The van der Waals surface area contributed by atoms with E-state index in [0.717, 1.165) is 22.1 Å². The van der Waals surface area contributed by atoms with Crippen LogP contribution in [0.1, 0.15) is 13.8 Å². The van der Waals surface area contributed by atoms with Crippen molar-refractivity contribution in [3.8, 4) is 5.75 Å². The zero-order valence-electron chi connectivity index (χ0n) is 10.8. The number of rotatable bonds is 1. The van der Waals surface area contributed by atoms with Crippen LogP contribution in [0.25, 0.3) is 10.8 Å². The highest BCUT2D eigenvalue weighted by Crippen LogP contribution is 2.44. The van der Waals surface area contributed by atoms with E-state index >= 15 is 0 Å². The summed E-state index contributed by atoms with van der Waals surface area (Å²) in [7, 11) is 1.98. The van der Waals surface area contributed by atoms with Crippen molar-refractivity contribution in [1.29, 1.82) is 0 Å². The van der Waals surface area contributed by atoms with Gasteiger partial charge in [0.2, 0.25) is 0 Å². The topological polar surface area (TPSA) is 38.7 Å². The monoisotopic (exact) mass is 243 g/mol. The summed E-state index contributed by atoms with van der Waals surface area (Å²) in [6, 6.07) is 10.1. The number of aromatic hydroxyl groups is 1. The van der Waals surface area contributed by atoms with Crippen LogP contribution < -0.4 is 10.4 Å². The Balaban J connectivity index is 2.34. The number of fused-ring (bicyclic) bond motifs is 3. The molecule has 4 heteroatoms. The van der Waals surface area contributed by atoms with Gasteiger partial charge in [-0.15, -0.1) is 5.12 Å². The molecular formula is C14H17N3O. The second-order valence-electron chi connectivity index (χ2n) is 4.91. The van der Waals surface area contributed by atoms with Crippen LogP contribution in [0.2, 0.25) is 0 Å². The van der Waals surface area contributed by atoms with Gasteiger partial charge in [0.15, 0.2) is 0 Å². The van der Waals surface area contributed by atoms with E-state index in [0.29, 0.717) is 11.8 Å². The normalized spacial score (nSPS) is 15.2. The first-order valence-electron chi connectivity index (χ1n) is 6.14. The quantitative estimate of drug-likeness (QED) is 0.807. The van der Waals surface area contributed by atoms with Gasteiger partial charge in [-0.1, -0.05) is 24.3 Å². The standard InChI is InChI=1S/C14H17N3O/c1-9(2)17-14-11-7-5-4-6-10(11)13(18)8-12(14)15-16(17)3/h4-9,15,18H,1-3H3. The highest BCUT2D eigenvalue weighted by molar-refractivity contribution is 6.04. The van der Waals surface area contributed by atoms with Crippen molar-refractivity contribution in [3.63, 3.8) is 0 Å². The maximum absolute atomic E-state index is 10.1. The van der Waals surface area contributed by atoms with Crippen LogP contribution >= 0.6 is 0 Å². The van der Waals surface area contributed by atoms with Crippen LogP contribution in [0, 0.1) is 0 Å². The minimum atomic E-state index is 0.316. The van der Waals surface area contributed by atoms with E-state index < -0.39 is 0 Å². The third-order valence-corrected chi connectivity index (χ3v) is 3.32.